The molecule has 398 valence electrons. The van der Waals surface area contributed by atoms with E-state index in [4.69, 9.17) is 0 Å². The molecule has 6 N–H and O–H groups in total. The molecule has 0 atom stereocenters. The molecule has 1 rings (SSSR count). The molecule has 0 saturated carbocycles. The Morgan fingerprint density at radius 3 is 0.627 bits per heavy atom. The normalized spacial score (nSPS) is 11.1. The zero-order valence-electron chi connectivity index (χ0n) is 46.6. The first kappa shape index (κ1) is 68.2. The number of rotatable bonds is 52. The van der Waals surface area contributed by atoms with Crippen molar-refractivity contribution in [1.82, 2.24) is 0 Å². The zero-order valence-corrected chi connectivity index (χ0v) is 46.6. The maximum atomic E-state index is 10.8. The second-order valence-electron chi connectivity index (χ2n) is 21.1. The van der Waals surface area contributed by atoms with E-state index in [-0.39, 0.29) is 0 Å². The lowest BCUT2D eigenvalue weighted by Gasteiger charge is -2.26. The first-order chi connectivity index (χ1) is 33.1. The van der Waals surface area contributed by atoms with E-state index in [1.807, 2.05) is 12.1 Å². The summed E-state index contributed by atoms with van der Waals surface area (Å²) >= 11 is 0. The Balaban J connectivity index is 0. The molecule has 0 fully saturated rings. The molecule has 0 unspecified atom stereocenters. The summed E-state index contributed by atoms with van der Waals surface area (Å²) in [6.07, 6.45) is 72.6. The third-order valence-electron chi connectivity index (χ3n) is 14.3. The Hall–Kier alpha value is -0.875. The van der Waals surface area contributed by atoms with Crippen molar-refractivity contribution in [3.8, 4) is 0 Å². The molecular formula is C62H125BN2O2. The molecule has 0 aliphatic heterocycles. The van der Waals surface area contributed by atoms with Gasteiger partial charge in [0.2, 0.25) is 0 Å². The van der Waals surface area contributed by atoms with E-state index in [9.17, 15) is 10.0 Å². The summed E-state index contributed by atoms with van der Waals surface area (Å²) in [5.74, 6) is 0. The lowest BCUT2D eigenvalue weighted by atomic mass is 9.80. The van der Waals surface area contributed by atoms with Crippen molar-refractivity contribution in [2.24, 2.45) is 0 Å². The van der Waals surface area contributed by atoms with Crippen LogP contribution in [-0.4, -0.2) is 20.2 Å². The molecule has 0 saturated heterocycles. The lowest BCUT2D eigenvalue weighted by molar-refractivity contribution is -0.368. The fourth-order valence-corrected chi connectivity index (χ4v) is 9.52. The monoisotopic (exact) mass is 941 g/mol. The molecule has 1 aromatic carbocycles. The van der Waals surface area contributed by atoms with Crippen molar-refractivity contribution in [3.05, 3.63) is 29.8 Å². The predicted molar refractivity (Wildman–Crippen MR) is 299 cm³/mol. The van der Waals surface area contributed by atoms with E-state index >= 15 is 0 Å². The maximum Gasteiger partial charge on any atom is 0.0739 e. The average Bonchev–Trinajstić information content (AvgIpc) is 3.34. The van der Waals surface area contributed by atoms with Crippen LogP contribution in [0.2, 0.25) is 0 Å². The van der Waals surface area contributed by atoms with Crippen LogP contribution in [0, 0.1) is 0 Å². The molecule has 0 heterocycles. The van der Waals surface area contributed by atoms with Crippen LogP contribution in [-0.2, 0) is 6.42 Å². The van der Waals surface area contributed by atoms with Gasteiger partial charge < -0.3 is 21.5 Å². The second kappa shape index (κ2) is 63.1. The quantitative estimate of drug-likeness (QED) is 0.0502. The Morgan fingerprint density at radius 1 is 0.269 bits per heavy atom. The summed E-state index contributed by atoms with van der Waals surface area (Å²) in [4.78, 5) is 0. The number of quaternary nitrogens is 2. The highest BCUT2D eigenvalue weighted by atomic mass is 16.4. The highest BCUT2D eigenvalue weighted by Crippen LogP contribution is 2.17. The van der Waals surface area contributed by atoms with Gasteiger partial charge in [-0.1, -0.05) is 341 Å². The topological polar surface area (TPSA) is 101 Å². The molecule has 0 radical (unpaired) electrons. The molecule has 67 heavy (non-hydrogen) atoms. The molecule has 0 aliphatic carbocycles. The van der Waals surface area contributed by atoms with Gasteiger partial charge in [-0.05, 0) is 44.1 Å². The summed E-state index contributed by atoms with van der Waals surface area (Å²) in [7, 11) is -1.85. The fraction of sp³-hybridized carbons (Fsp3) is 0.903. The highest BCUT2D eigenvalue weighted by Gasteiger charge is 1.99. The average molecular weight is 942 g/mol. The van der Waals surface area contributed by atoms with Crippen molar-refractivity contribution in [2.45, 2.75) is 348 Å². The number of benzene rings is 1. The molecule has 0 amide bonds. The SMILES string of the molecule is CCCCCCCCCCCCCCCCCCCCc1ccc(B([O-])[O-])cc1.CCCCCCCCCCCCCCCCCC[NH3+].CCCCCCCCCCCCCCCCCC[NH3+]. The molecule has 5 heteroatoms. The number of unbranched alkanes of at least 4 members (excludes halogenated alkanes) is 47. The second-order valence-corrected chi connectivity index (χ2v) is 21.1. The third kappa shape index (κ3) is 61.2. The van der Waals surface area contributed by atoms with Crippen LogP contribution in [0.3, 0.4) is 0 Å². The van der Waals surface area contributed by atoms with Crippen LogP contribution in [0.15, 0.2) is 24.3 Å². The number of aryl methyl sites for hydroxylation is 1. The molecule has 0 bridgehead atoms. The van der Waals surface area contributed by atoms with Crippen molar-refractivity contribution in [1.29, 1.82) is 0 Å². The zero-order chi connectivity index (χ0) is 49.0. The molecule has 1 aromatic rings. The van der Waals surface area contributed by atoms with Gasteiger partial charge in [0, 0.05) is 0 Å². The van der Waals surface area contributed by atoms with Gasteiger partial charge in [0.05, 0.1) is 13.1 Å². The predicted octanol–water partition coefficient (Wildman–Crippen LogP) is 16.7. The molecule has 4 nitrogen and oxygen atoms in total. The van der Waals surface area contributed by atoms with E-state index in [1.165, 1.54) is 327 Å². The molecule has 0 spiro atoms. The van der Waals surface area contributed by atoms with Crippen molar-refractivity contribution >= 4 is 12.6 Å². The van der Waals surface area contributed by atoms with Gasteiger partial charge >= 0.3 is 0 Å². The number of hydrogen-bond acceptors (Lipinski definition) is 2. The van der Waals surface area contributed by atoms with Crippen LogP contribution >= 0.6 is 0 Å². The van der Waals surface area contributed by atoms with Gasteiger partial charge in [-0.15, -0.1) is 5.46 Å². The Labute approximate surface area is 423 Å². The fourth-order valence-electron chi connectivity index (χ4n) is 9.52. The molecular weight excluding hydrogens is 816 g/mol. The van der Waals surface area contributed by atoms with E-state index in [1.54, 1.807) is 12.1 Å². The Bertz CT molecular complexity index is 909. The minimum Gasteiger partial charge on any atom is -0.889 e. The number of hydrogen-bond donors (Lipinski definition) is 2. The largest absolute Gasteiger partial charge is 0.889 e. The van der Waals surface area contributed by atoms with Crippen LogP contribution in [0.4, 0.5) is 0 Å². The summed E-state index contributed by atoms with van der Waals surface area (Å²) in [6, 6.07) is 7.25. The van der Waals surface area contributed by atoms with Crippen LogP contribution in [0.5, 0.6) is 0 Å². The molecule has 0 aliphatic rings. The first-order valence-electron chi connectivity index (χ1n) is 31.1. The van der Waals surface area contributed by atoms with Crippen molar-refractivity contribution in [3.63, 3.8) is 0 Å². The standard InChI is InChI=1S/C26H45BO2.2C18H39N/c1-2-3-4-5-6-7-8-9-10-11-12-13-14-15-16-17-18-19-20-25-21-23-26(24-22-25)27(28)29;2*1-2-3-4-5-6-7-8-9-10-11-12-13-14-15-16-17-18-19/h21-24H,2-20H2,1H3;2*2-19H2,1H3/q-2;;/p+2. The van der Waals surface area contributed by atoms with E-state index in [0.717, 1.165) is 19.5 Å². The van der Waals surface area contributed by atoms with Gasteiger partial charge in [0.1, 0.15) is 0 Å². The maximum absolute atomic E-state index is 10.8. The van der Waals surface area contributed by atoms with Crippen LogP contribution in [0.25, 0.3) is 0 Å². The minimum absolute atomic E-state index is 0.353. The van der Waals surface area contributed by atoms with Crippen molar-refractivity contribution < 1.29 is 21.5 Å². The van der Waals surface area contributed by atoms with Gasteiger partial charge in [-0.2, -0.15) is 0 Å². The summed E-state index contributed by atoms with van der Waals surface area (Å²) in [5.41, 5.74) is 9.37. The van der Waals surface area contributed by atoms with E-state index < -0.39 is 7.12 Å². The van der Waals surface area contributed by atoms with Crippen LogP contribution in [0.1, 0.15) is 347 Å². The van der Waals surface area contributed by atoms with Gasteiger partial charge in [0.15, 0.2) is 0 Å². The summed E-state index contributed by atoms with van der Waals surface area (Å²) in [5, 5.41) is 21.6. The van der Waals surface area contributed by atoms with Gasteiger partial charge in [-0.25, -0.2) is 0 Å². The summed E-state index contributed by atoms with van der Waals surface area (Å²) < 4.78 is 0. The van der Waals surface area contributed by atoms with Gasteiger partial charge in [-0.3, -0.25) is 0 Å². The first-order valence-corrected chi connectivity index (χ1v) is 31.1. The minimum atomic E-state index is -1.85. The smallest absolute Gasteiger partial charge is 0.0739 e. The third-order valence-corrected chi connectivity index (χ3v) is 14.3. The Morgan fingerprint density at radius 2 is 0.448 bits per heavy atom. The molecule has 0 aromatic heterocycles. The van der Waals surface area contributed by atoms with E-state index in [0.29, 0.717) is 5.46 Å². The Kier molecular flexibility index (Phi) is 64.3. The van der Waals surface area contributed by atoms with Gasteiger partial charge in [0.25, 0.3) is 0 Å². The lowest BCUT2D eigenvalue weighted by Crippen LogP contribution is -2.55. The van der Waals surface area contributed by atoms with Crippen molar-refractivity contribution in [2.75, 3.05) is 13.1 Å². The van der Waals surface area contributed by atoms with Crippen LogP contribution < -0.4 is 27.0 Å². The highest BCUT2D eigenvalue weighted by molar-refractivity contribution is 6.55. The summed E-state index contributed by atoms with van der Waals surface area (Å²) in [6.45, 7) is 9.12. The van der Waals surface area contributed by atoms with E-state index in [2.05, 4.69) is 32.2 Å².